The minimum atomic E-state index is -0.643. The van der Waals surface area contributed by atoms with Gasteiger partial charge < -0.3 is 14.7 Å². The van der Waals surface area contributed by atoms with Gasteiger partial charge in [-0.1, -0.05) is 18.2 Å². The fourth-order valence-corrected chi connectivity index (χ4v) is 3.87. The molecule has 0 radical (unpaired) electrons. The number of hydrogen-bond donors (Lipinski definition) is 1. The average molecular weight is 422 g/mol. The van der Waals surface area contributed by atoms with E-state index in [0.29, 0.717) is 35.8 Å². The van der Waals surface area contributed by atoms with Gasteiger partial charge >= 0.3 is 0 Å². The van der Waals surface area contributed by atoms with E-state index in [0.717, 1.165) is 12.8 Å². The Bertz CT molecular complexity index is 1020. The zero-order chi connectivity index (χ0) is 21.8. The lowest BCUT2D eigenvalue weighted by atomic mass is 10.1. The summed E-state index contributed by atoms with van der Waals surface area (Å²) in [4.78, 5) is 21.2. The molecule has 1 saturated heterocycles. The van der Waals surface area contributed by atoms with Crippen molar-refractivity contribution < 1.29 is 14.6 Å². The van der Waals surface area contributed by atoms with Crippen LogP contribution in [0.4, 0.5) is 0 Å². The molecule has 0 spiro atoms. The first kappa shape index (κ1) is 21.0. The summed E-state index contributed by atoms with van der Waals surface area (Å²) in [7, 11) is 0. The first-order chi connectivity index (χ1) is 15.0. The van der Waals surface area contributed by atoms with E-state index < -0.39 is 6.10 Å². The highest BCUT2D eigenvalue weighted by atomic mass is 16.5. The number of likely N-dealkylation sites (tertiary alicyclic amines) is 1. The minimum absolute atomic E-state index is 0.0322. The van der Waals surface area contributed by atoms with Crippen molar-refractivity contribution in [3.63, 3.8) is 0 Å². The number of carbonyl (C=O) groups excluding carboxylic acids is 1. The van der Waals surface area contributed by atoms with Crippen molar-refractivity contribution >= 4 is 5.91 Å². The van der Waals surface area contributed by atoms with Crippen LogP contribution >= 0.6 is 0 Å². The van der Waals surface area contributed by atoms with Gasteiger partial charge in [0.05, 0.1) is 35.4 Å². The summed E-state index contributed by atoms with van der Waals surface area (Å²) < 4.78 is 6.11. The molecule has 31 heavy (non-hydrogen) atoms. The van der Waals surface area contributed by atoms with E-state index in [1.54, 1.807) is 31.5 Å². The van der Waals surface area contributed by atoms with Crippen LogP contribution < -0.4 is 4.74 Å². The summed E-state index contributed by atoms with van der Waals surface area (Å²) in [6, 6.07) is 12.9. The zero-order valence-electron chi connectivity index (χ0n) is 17.8. The van der Waals surface area contributed by atoms with Crippen molar-refractivity contribution in [3.8, 4) is 11.6 Å². The molecule has 0 saturated carbocycles. The van der Waals surface area contributed by atoms with Crippen LogP contribution in [0.3, 0.4) is 0 Å². The third kappa shape index (κ3) is 4.74. The maximum atomic E-state index is 13.4. The molecule has 1 N–H and O–H groups in total. The standard InChI is InChI=1S/C23H27N5O3/c1-16-10-11-18(31-22-9-5-7-20(26-22)17(2)29)12-15-27(16)23(30)19-6-3-4-8-21(19)28-24-13-14-25-28/h3-9,13-14,16-18,29H,10-12,15H2,1-2H3. The highest BCUT2D eigenvalue weighted by Crippen LogP contribution is 2.25. The molecule has 8 nitrogen and oxygen atoms in total. The van der Waals surface area contributed by atoms with E-state index in [1.165, 1.54) is 4.80 Å². The fraction of sp³-hybridized carbons (Fsp3) is 0.391. The molecule has 1 aliphatic heterocycles. The third-order valence-corrected chi connectivity index (χ3v) is 5.62. The van der Waals surface area contributed by atoms with E-state index >= 15 is 0 Å². The summed E-state index contributed by atoms with van der Waals surface area (Å²) in [6.45, 7) is 4.34. The summed E-state index contributed by atoms with van der Waals surface area (Å²) in [5.41, 5.74) is 1.83. The van der Waals surface area contributed by atoms with Crippen molar-refractivity contribution in [3.05, 3.63) is 66.1 Å². The van der Waals surface area contributed by atoms with E-state index in [9.17, 15) is 9.90 Å². The molecule has 1 fully saturated rings. The van der Waals surface area contributed by atoms with Gasteiger partial charge in [-0.25, -0.2) is 4.98 Å². The predicted molar refractivity (Wildman–Crippen MR) is 115 cm³/mol. The second-order valence-corrected chi connectivity index (χ2v) is 7.87. The molecule has 2 aromatic heterocycles. The number of carbonyl (C=O) groups is 1. The number of rotatable bonds is 5. The molecule has 1 aromatic carbocycles. The molecule has 1 amide bonds. The number of aliphatic hydroxyl groups is 1. The number of hydrogen-bond acceptors (Lipinski definition) is 6. The van der Waals surface area contributed by atoms with Crippen LogP contribution in [0.5, 0.6) is 5.88 Å². The Morgan fingerprint density at radius 2 is 1.87 bits per heavy atom. The monoisotopic (exact) mass is 421 g/mol. The molecule has 162 valence electrons. The third-order valence-electron chi connectivity index (χ3n) is 5.62. The van der Waals surface area contributed by atoms with Gasteiger partial charge in [-0.3, -0.25) is 4.79 Å². The van der Waals surface area contributed by atoms with E-state index in [-0.39, 0.29) is 18.1 Å². The van der Waals surface area contributed by atoms with Crippen molar-refractivity contribution in [1.29, 1.82) is 0 Å². The normalized spacial score (nSPS) is 20.2. The number of nitrogens with zero attached hydrogens (tertiary/aromatic N) is 5. The van der Waals surface area contributed by atoms with E-state index in [4.69, 9.17) is 4.74 Å². The Morgan fingerprint density at radius 3 is 2.65 bits per heavy atom. The van der Waals surface area contributed by atoms with Crippen LogP contribution in [0.1, 0.15) is 55.3 Å². The first-order valence-corrected chi connectivity index (χ1v) is 10.6. The Kier molecular flexibility index (Phi) is 6.27. The molecule has 4 rings (SSSR count). The van der Waals surface area contributed by atoms with Crippen molar-refractivity contribution in [1.82, 2.24) is 24.9 Å². The Labute approximate surface area is 181 Å². The van der Waals surface area contributed by atoms with Crippen LogP contribution in [0.2, 0.25) is 0 Å². The van der Waals surface area contributed by atoms with Crippen LogP contribution in [-0.4, -0.2) is 54.6 Å². The van der Waals surface area contributed by atoms with Crippen molar-refractivity contribution in [2.75, 3.05) is 6.54 Å². The molecule has 3 aromatic rings. The quantitative estimate of drug-likeness (QED) is 0.680. The van der Waals surface area contributed by atoms with Crippen molar-refractivity contribution in [2.24, 2.45) is 0 Å². The summed E-state index contributed by atoms with van der Waals surface area (Å²) >= 11 is 0. The van der Waals surface area contributed by atoms with Gasteiger partial charge in [0.15, 0.2) is 0 Å². The molecule has 3 atom stereocenters. The van der Waals surface area contributed by atoms with Crippen LogP contribution in [0, 0.1) is 0 Å². The number of aromatic nitrogens is 4. The second kappa shape index (κ2) is 9.26. The predicted octanol–water partition coefficient (Wildman–Crippen LogP) is 3.18. The largest absolute Gasteiger partial charge is 0.474 e. The summed E-state index contributed by atoms with van der Waals surface area (Å²) in [5.74, 6) is 0.473. The Balaban J connectivity index is 1.48. The van der Waals surface area contributed by atoms with E-state index in [1.807, 2.05) is 35.2 Å². The van der Waals surface area contributed by atoms with Gasteiger partial charge in [0, 0.05) is 25.1 Å². The lowest BCUT2D eigenvalue weighted by Gasteiger charge is -2.27. The van der Waals surface area contributed by atoms with Crippen molar-refractivity contribution in [2.45, 2.75) is 51.4 Å². The Morgan fingerprint density at radius 1 is 1.10 bits per heavy atom. The summed E-state index contributed by atoms with van der Waals surface area (Å²) in [6.07, 6.45) is 4.87. The van der Waals surface area contributed by atoms with Gasteiger partial charge in [0.25, 0.3) is 5.91 Å². The number of ether oxygens (including phenoxy) is 1. The molecule has 3 heterocycles. The van der Waals surface area contributed by atoms with Crippen LogP contribution in [-0.2, 0) is 0 Å². The maximum absolute atomic E-state index is 13.4. The minimum Gasteiger partial charge on any atom is -0.474 e. The number of para-hydroxylation sites is 1. The lowest BCUT2D eigenvalue weighted by molar-refractivity contribution is 0.0693. The molecule has 0 aliphatic carbocycles. The van der Waals surface area contributed by atoms with Gasteiger partial charge in [-0.05, 0) is 44.9 Å². The van der Waals surface area contributed by atoms with Crippen LogP contribution in [0.25, 0.3) is 5.69 Å². The SMILES string of the molecule is CC(O)c1cccc(OC2CCC(C)N(C(=O)c3ccccc3-n3nccn3)CC2)n1. The molecule has 1 aliphatic rings. The second-order valence-electron chi connectivity index (χ2n) is 7.87. The molecule has 3 unspecified atom stereocenters. The first-order valence-electron chi connectivity index (χ1n) is 10.6. The number of pyridine rings is 1. The van der Waals surface area contributed by atoms with Gasteiger partial charge in [0.2, 0.25) is 5.88 Å². The fourth-order valence-electron chi connectivity index (χ4n) is 3.87. The molecule has 0 bridgehead atoms. The number of aliphatic hydroxyl groups excluding tert-OH is 1. The van der Waals surface area contributed by atoms with Gasteiger partial charge in [-0.15, -0.1) is 0 Å². The molecular formula is C23H27N5O3. The number of amides is 1. The Hall–Kier alpha value is -3.26. The highest BCUT2D eigenvalue weighted by Gasteiger charge is 2.29. The molecular weight excluding hydrogens is 394 g/mol. The lowest BCUT2D eigenvalue weighted by Crippen LogP contribution is -2.39. The van der Waals surface area contributed by atoms with Gasteiger partial charge in [-0.2, -0.15) is 15.0 Å². The zero-order valence-corrected chi connectivity index (χ0v) is 17.8. The maximum Gasteiger partial charge on any atom is 0.256 e. The molecule has 8 heteroatoms. The average Bonchev–Trinajstić information content (AvgIpc) is 3.26. The van der Waals surface area contributed by atoms with E-state index in [2.05, 4.69) is 22.1 Å². The highest BCUT2D eigenvalue weighted by molar-refractivity contribution is 5.97. The smallest absolute Gasteiger partial charge is 0.256 e. The van der Waals surface area contributed by atoms with Crippen LogP contribution in [0.15, 0.2) is 54.9 Å². The van der Waals surface area contributed by atoms with Gasteiger partial charge in [0.1, 0.15) is 6.10 Å². The number of benzene rings is 1. The topological polar surface area (TPSA) is 93.4 Å². The summed E-state index contributed by atoms with van der Waals surface area (Å²) in [5, 5.41) is 18.1.